The normalized spacial score (nSPS) is 19.1. The number of carbonyl (C=O) groups excluding carboxylic acids is 2. The second-order valence-electron chi connectivity index (χ2n) is 9.32. The minimum absolute atomic E-state index is 0.0261. The molecule has 3 heterocycles. The number of carbonyl (C=O) groups is 2. The van der Waals surface area contributed by atoms with Crippen molar-refractivity contribution in [2.75, 3.05) is 23.3 Å². The summed E-state index contributed by atoms with van der Waals surface area (Å²) in [5, 5.41) is 9.68. The number of hydrogen-bond acceptors (Lipinski definition) is 7. The number of anilines is 3. The Morgan fingerprint density at radius 1 is 1.17 bits per heavy atom. The predicted molar refractivity (Wildman–Crippen MR) is 128 cm³/mol. The molecule has 2 aromatic heterocycles. The van der Waals surface area contributed by atoms with Crippen molar-refractivity contribution in [2.24, 2.45) is 12.8 Å². The van der Waals surface area contributed by atoms with Gasteiger partial charge in [0.1, 0.15) is 5.82 Å². The van der Waals surface area contributed by atoms with Crippen molar-refractivity contribution >= 4 is 29.1 Å². The van der Waals surface area contributed by atoms with Crippen molar-refractivity contribution in [3.05, 3.63) is 59.7 Å². The molecule has 36 heavy (non-hydrogen) atoms. The Balaban J connectivity index is 1.34. The van der Waals surface area contributed by atoms with Gasteiger partial charge in [-0.1, -0.05) is 12.1 Å². The van der Waals surface area contributed by atoms with E-state index in [1.165, 1.54) is 22.9 Å². The molecule has 0 spiro atoms. The molecule has 0 radical (unpaired) electrons. The molecule has 1 saturated carbocycles. The summed E-state index contributed by atoms with van der Waals surface area (Å²) in [5.74, 6) is -3.59. The molecule has 0 unspecified atom stereocenters. The topological polar surface area (TPSA) is 131 Å². The number of piperidine rings is 1. The second-order valence-corrected chi connectivity index (χ2v) is 9.32. The number of halogens is 2. The zero-order valence-corrected chi connectivity index (χ0v) is 19.6. The number of rotatable bonds is 7. The smallest absolute Gasteiger partial charge is 0.271 e. The third-order valence-corrected chi connectivity index (χ3v) is 6.25. The molecule has 2 fully saturated rings. The van der Waals surface area contributed by atoms with Crippen LogP contribution in [0.15, 0.2) is 42.9 Å². The highest BCUT2D eigenvalue weighted by molar-refractivity contribution is 5.96. The van der Waals surface area contributed by atoms with Crippen molar-refractivity contribution in [1.29, 1.82) is 0 Å². The summed E-state index contributed by atoms with van der Waals surface area (Å²) in [6, 6.07) is 6.47. The molecule has 1 aliphatic heterocycles. The first kappa shape index (κ1) is 23.6. The molecule has 3 aromatic rings. The number of benzene rings is 1. The van der Waals surface area contributed by atoms with Crippen LogP contribution in [-0.4, -0.2) is 56.6 Å². The zero-order chi connectivity index (χ0) is 25.4. The second kappa shape index (κ2) is 9.17. The monoisotopic (exact) mass is 496 g/mol. The summed E-state index contributed by atoms with van der Waals surface area (Å²) < 4.78 is 31.0. The van der Waals surface area contributed by atoms with Crippen molar-refractivity contribution in [1.82, 2.24) is 25.1 Å². The lowest BCUT2D eigenvalue weighted by Gasteiger charge is -2.38. The maximum Gasteiger partial charge on any atom is 0.271 e. The summed E-state index contributed by atoms with van der Waals surface area (Å²) in [7, 11) is 1.72. The molecule has 1 atom stereocenters. The first-order valence-corrected chi connectivity index (χ1v) is 11.6. The van der Waals surface area contributed by atoms with Crippen molar-refractivity contribution < 1.29 is 18.4 Å². The van der Waals surface area contributed by atoms with E-state index >= 15 is 0 Å². The standard InChI is InChI=1S/C24H26F2N8O2/c1-33-11-18(9-29-33)30-22-20(21(27)35)28-10-19(32-22)34-12-17(8-24(25,26)13-34)31-23(36)16-6-4-15(5-7-16)14-2-3-14/h4-7,9-11,14,17H,2-3,8,12-13H2,1H3,(H2,27,35)(H,30,32)(H,31,36)/t17-/m0/s1. The largest absolute Gasteiger partial charge is 0.364 e. The molecule has 1 saturated heterocycles. The van der Waals surface area contributed by atoms with Gasteiger partial charge in [0.15, 0.2) is 11.5 Å². The van der Waals surface area contributed by atoms with Gasteiger partial charge in [-0.05, 0) is 36.5 Å². The Hall–Kier alpha value is -4.09. The third kappa shape index (κ3) is 5.26. The molecule has 1 aliphatic carbocycles. The number of aryl methyl sites for hydroxylation is 1. The molecule has 12 heteroatoms. The fourth-order valence-electron chi connectivity index (χ4n) is 4.38. The molecular weight excluding hydrogens is 470 g/mol. The number of alkyl halides is 2. The van der Waals surface area contributed by atoms with Gasteiger partial charge >= 0.3 is 0 Å². The molecule has 5 rings (SSSR count). The highest BCUT2D eigenvalue weighted by Crippen LogP contribution is 2.40. The highest BCUT2D eigenvalue weighted by atomic mass is 19.3. The summed E-state index contributed by atoms with van der Waals surface area (Å²) in [6.45, 7) is -0.509. The number of primary amides is 1. The van der Waals surface area contributed by atoms with Crippen molar-refractivity contribution in [3.63, 3.8) is 0 Å². The van der Waals surface area contributed by atoms with Gasteiger partial charge in [-0.2, -0.15) is 5.10 Å². The van der Waals surface area contributed by atoms with E-state index in [9.17, 15) is 18.4 Å². The van der Waals surface area contributed by atoms with Crippen LogP contribution in [0.3, 0.4) is 0 Å². The molecular formula is C24H26F2N8O2. The van der Waals surface area contributed by atoms with Gasteiger partial charge in [-0.3, -0.25) is 14.3 Å². The summed E-state index contributed by atoms with van der Waals surface area (Å²) in [4.78, 5) is 34.4. The van der Waals surface area contributed by atoms with Gasteiger partial charge in [0.25, 0.3) is 17.7 Å². The van der Waals surface area contributed by atoms with Gasteiger partial charge in [0.05, 0.1) is 30.7 Å². The number of nitrogens with two attached hydrogens (primary N) is 1. The van der Waals surface area contributed by atoms with Crippen LogP contribution in [0.4, 0.5) is 26.1 Å². The Bertz CT molecular complexity index is 1290. The SMILES string of the molecule is Cn1cc(Nc2nc(N3C[C@@H](NC(=O)c4ccc(C5CC5)cc4)CC(F)(F)C3)cnc2C(N)=O)cn1. The Kier molecular flexibility index (Phi) is 6.02. The van der Waals surface area contributed by atoms with Crippen molar-refractivity contribution in [2.45, 2.75) is 37.1 Å². The number of hydrogen-bond donors (Lipinski definition) is 3. The Labute approximate surface area is 205 Å². The van der Waals surface area contributed by atoms with Gasteiger partial charge in [-0.25, -0.2) is 18.7 Å². The highest BCUT2D eigenvalue weighted by Gasteiger charge is 2.41. The average molecular weight is 497 g/mol. The fourth-order valence-corrected chi connectivity index (χ4v) is 4.38. The summed E-state index contributed by atoms with van der Waals surface area (Å²) >= 11 is 0. The third-order valence-electron chi connectivity index (χ3n) is 6.25. The minimum Gasteiger partial charge on any atom is -0.364 e. The van der Waals surface area contributed by atoms with E-state index in [0.717, 1.165) is 12.8 Å². The van der Waals surface area contributed by atoms with Crippen LogP contribution in [0.25, 0.3) is 0 Å². The van der Waals surface area contributed by atoms with Crippen LogP contribution in [0, 0.1) is 0 Å². The van der Waals surface area contributed by atoms with Crippen LogP contribution >= 0.6 is 0 Å². The molecule has 0 bridgehead atoms. The fraction of sp³-hybridized carbons (Fsp3) is 0.375. The lowest BCUT2D eigenvalue weighted by atomic mass is 10.0. The molecule has 2 amide bonds. The molecule has 4 N–H and O–H groups in total. The first-order valence-electron chi connectivity index (χ1n) is 11.6. The molecule has 10 nitrogen and oxygen atoms in total. The number of amides is 2. The van der Waals surface area contributed by atoms with E-state index in [4.69, 9.17) is 5.73 Å². The number of nitrogens with zero attached hydrogens (tertiary/aromatic N) is 5. The van der Waals surface area contributed by atoms with E-state index in [1.807, 2.05) is 12.1 Å². The maximum atomic E-state index is 14.7. The summed E-state index contributed by atoms with van der Waals surface area (Å²) in [6.07, 6.45) is 6.20. The van der Waals surface area contributed by atoms with Crippen molar-refractivity contribution in [3.8, 4) is 0 Å². The van der Waals surface area contributed by atoms with Crippen LogP contribution in [-0.2, 0) is 7.05 Å². The van der Waals surface area contributed by atoms with Crippen LogP contribution < -0.4 is 21.3 Å². The zero-order valence-electron chi connectivity index (χ0n) is 19.6. The van der Waals surface area contributed by atoms with Gasteiger partial charge in [-0.15, -0.1) is 0 Å². The van der Waals surface area contributed by atoms with E-state index in [-0.39, 0.29) is 23.9 Å². The molecule has 188 valence electrons. The molecule has 2 aliphatic rings. The predicted octanol–water partition coefficient (Wildman–Crippen LogP) is 2.57. The first-order chi connectivity index (χ1) is 17.2. The van der Waals surface area contributed by atoms with Gasteiger partial charge in [0.2, 0.25) is 0 Å². The maximum absolute atomic E-state index is 14.7. The average Bonchev–Trinajstić information content (AvgIpc) is 3.60. The number of nitrogens with one attached hydrogen (secondary N) is 2. The Morgan fingerprint density at radius 3 is 2.56 bits per heavy atom. The van der Waals surface area contributed by atoms with Crippen LogP contribution in [0.5, 0.6) is 0 Å². The number of aromatic nitrogens is 4. The quantitative estimate of drug-likeness (QED) is 0.458. The summed E-state index contributed by atoms with van der Waals surface area (Å²) in [5.41, 5.74) is 7.43. The van der Waals surface area contributed by atoms with Crippen LogP contribution in [0.2, 0.25) is 0 Å². The van der Waals surface area contributed by atoms with E-state index in [0.29, 0.717) is 17.2 Å². The van der Waals surface area contributed by atoms with E-state index in [2.05, 4.69) is 25.7 Å². The Morgan fingerprint density at radius 2 is 1.92 bits per heavy atom. The lowest BCUT2D eigenvalue weighted by Crippen LogP contribution is -2.55. The lowest BCUT2D eigenvalue weighted by molar-refractivity contribution is -0.0208. The minimum atomic E-state index is -3.08. The van der Waals surface area contributed by atoms with E-state index < -0.39 is 36.7 Å². The van der Waals surface area contributed by atoms with Gasteiger partial charge < -0.3 is 21.3 Å². The molecule has 1 aromatic carbocycles. The van der Waals surface area contributed by atoms with E-state index in [1.54, 1.807) is 30.1 Å². The van der Waals surface area contributed by atoms with Crippen LogP contribution in [0.1, 0.15) is 51.6 Å². The van der Waals surface area contributed by atoms with Gasteiger partial charge in [0, 0.05) is 31.8 Å².